The van der Waals surface area contributed by atoms with Gasteiger partial charge in [-0.2, -0.15) is 0 Å². The molecule has 11 heavy (non-hydrogen) atoms. The normalized spacial score (nSPS) is 11.2. The molecule has 0 amide bonds. The van der Waals surface area contributed by atoms with Crippen LogP contribution < -0.4 is 39.3 Å². The molecule has 0 aromatic heterocycles. The van der Waals surface area contributed by atoms with Crippen LogP contribution in [0.15, 0.2) is 0 Å². The molecular formula is CaNaO7PS. The van der Waals surface area contributed by atoms with E-state index in [0.717, 1.165) is 0 Å². The summed E-state index contributed by atoms with van der Waals surface area (Å²) in [4.78, 5) is 18.6. The minimum absolute atomic E-state index is 0. The molecule has 0 unspecified atom stereocenters. The summed E-state index contributed by atoms with van der Waals surface area (Å²) in [6.07, 6.45) is 0. The average Bonchev–Trinajstić information content (AvgIpc) is 1.14. The van der Waals surface area contributed by atoms with Crippen LogP contribution in [-0.2, 0) is 18.9 Å². The number of rotatable bonds is 2. The first-order valence-electron chi connectivity index (χ1n) is 1.40. The van der Waals surface area contributed by atoms with Gasteiger partial charge in [-0.1, -0.05) is 0 Å². The zero-order valence-corrected chi connectivity index (χ0v) is 11.3. The maximum absolute atomic E-state index is 9.32. The maximum atomic E-state index is 9.32. The monoisotopic (exact) mass is 238 g/mol. The topological polar surface area (TPSA) is 130 Å². The van der Waals surface area contributed by atoms with Gasteiger partial charge in [-0.25, -0.2) is 12.4 Å². The van der Waals surface area contributed by atoms with Gasteiger partial charge < -0.3 is 18.9 Å². The Labute approximate surface area is 115 Å². The van der Waals surface area contributed by atoms with Gasteiger partial charge in [0.2, 0.25) is 10.4 Å². The molecule has 56 valence electrons. The molecule has 0 fully saturated rings. The summed E-state index contributed by atoms with van der Waals surface area (Å²) in [7, 11) is -11.1. The van der Waals surface area contributed by atoms with Gasteiger partial charge in [-0.05, 0) is 0 Å². The van der Waals surface area contributed by atoms with Crippen molar-refractivity contribution in [2.24, 2.45) is 0 Å². The molecular weight excluding hydrogens is 238 g/mol. The Morgan fingerprint density at radius 1 is 1.27 bits per heavy atom. The van der Waals surface area contributed by atoms with Gasteiger partial charge in [0.25, 0.3) is 0 Å². The van der Waals surface area contributed by atoms with Crippen molar-refractivity contribution in [3.63, 3.8) is 0 Å². The van der Waals surface area contributed by atoms with Crippen molar-refractivity contribution in [3.05, 3.63) is 0 Å². The zero-order valence-electron chi connectivity index (χ0n) is 5.42. The van der Waals surface area contributed by atoms with E-state index in [0.29, 0.717) is 0 Å². The van der Waals surface area contributed by atoms with Crippen LogP contribution in [0, 0.1) is 0 Å². The van der Waals surface area contributed by atoms with Crippen LogP contribution in [0.1, 0.15) is 0 Å². The summed E-state index contributed by atoms with van der Waals surface area (Å²) in [6.45, 7) is 0. The molecule has 0 rings (SSSR count). The molecule has 0 radical (unpaired) electrons. The van der Waals surface area contributed by atoms with Gasteiger partial charge in [0.05, 0.1) is 7.82 Å². The predicted molar refractivity (Wildman–Crippen MR) is 24.1 cm³/mol. The predicted octanol–water partition coefficient (Wildman–Crippen LogP) is -6.08. The standard InChI is InChI=1S/Ca.Na.H3O7PS/c;;1-8(2,3)7-9(4,5)6/h;;(H2,1,2,3)(H,4,5,6)/q+2;+1;/p-3. The maximum Gasteiger partial charge on any atom is 2.00 e. The van der Waals surface area contributed by atoms with Crippen LogP contribution in [-0.4, -0.2) is 50.7 Å². The Morgan fingerprint density at radius 2 is 1.55 bits per heavy atom. The van der Waals surface area contributed by atoms with Crippen molar-refractivity contribution >= 4 is 56.0 Å². The van der Waals surface area contributed by atoms with Crippen molar-refractivity contribution in [3.8, 4) is 0 Å². The van der Waals surface area contributed by atoms with E-state index in [4.69, 9.17) is 0 Å². The van der Waals surface area contributed by atoms with Crippen LogP contribution in [0.4, 0.5) is 0 Å². The van der Waals surface area contributed by atoms with Gasteiger partial charge in [0.15, 0.2) is 0 Å². The second kappa shape index (κ2) is 6.69. The van der Waals surface area contributed by atoms with Crippen LogP contribution >= 0.6 is 7.82 Å². The summed E-state index contributed by atoms with van der Waals surface area (Å²) in [5, 5.41) is 0. The Bertz CT molecular complexity index is 225. The van der Waals surface area contributed by atoms with Crippen molar-refractivity contribution in [1.82, 2.24) is 0 Å². The van der Waals surface area contributed by atoms with Crippen LogP contribution in [0.3, 0.4) is 0 Å². The Hall–Kier alpha value is 2.28. The fourth-order valence-electron chi connectivity index (χ4n) is 0.112. The minimum Gasteiger partial charge on any atom is -0.789 e. The van der Waals surface area contributed by atoms with Crippen LogP contribution in [0.5, 0.6) is 0 Å². The Kier molecular flexibility index (Phi) is 11.5. The zero-order chi connectivity index (χ0) is 7.71. The first-order chi connectivity index (χ1) is 3.71. The fraction of sp³-hybridized carbons (Fsp3) is 0. The number of hydrogen-bond donors (Lipinski definition) is 0. The smallest absolute Gasteiger partial charge is 0.789 e. The Balaban J connectivity index is -0.000000320. The van der Waals surface area contributed by atoms with Crippen molar-refractivity contribution in [2.75, 3.05) is 0 Å². The molecule has 0 N–H and O–H groups in total. The molecule has 7 nitrogen and oxygen atoms in total. The third-order valence-corrected chi connectivity index (χ3v) is 1.64. The number of phosphoric acid groups is 1. The summed E-state index contributed by atoms with van der Waals surface area (Å²) in [5.74, 6) is 0. The van der Waals surface area contributed by atoms with E-state index in [1.54, 1.807) is 0 Å². The molecule has 0 aliphatic heterocycles. The molecule has 0 bridgehead atoms. The quantitative estimate of drug-likeness (QED) is 0.202. The summed E-state index contributed by atoms with van der Waals surface area (Å²) >= 11 is 0. The SMILES string of the molecule is O=P([O-])([O-])OS(=O)(=O)[O-].[Ca+2].[Na+]. The average molecular weight is 238 g/mol. The largest absolute Gasteiger partial charge is 2.00 e. The van der Waals surface area contributed by atoms with E-state index in [-0.39, 0.29) is 67.3 Å². The van der Waals surface area contributed by atoms with Crippen molar-refractivity contribution in [1.29, 1.82) is 0 Å². The van der Waals surface area contributed by atoms with E-state index in [9.17, 15) is 27.3 Å². The molecule has 0 saturated carbocycles. The first-order valence-corrected chi connectivity index (χ1v) is 4.19. The molecule has 0 aromatic rings. The van der Waals surface area contributed by atoms with Gasteiger partial charge >= 0.3 is 67.3 Å². The summed E-state index contributed by atoms with van der Waals surface area (Å²) in [5.41, 5.74) is 0. The van der Waals surface area contributed by atoms with Crippen molar-refractivity contribution in [2.45, 2.75) is 0 Å². The molecule has 0 saturated heterocycles. The van der Waals surface area contributed by atoms with Crippen LogP contribution in [0.25, 0.3) is 0 Å². The van der Waals surface area contributed by atoms with E-state index < -0.39 is 18.2 Å². The molecule has 0 aliphatic rings. The summed E-state index contributed by atoms with van der Waals surface area (Å²) < 4.78 is 39.7. The molecule has 0 spiro atoms. The van der Waals surface area contributed by atoms with Crippen molar-refractivity contribution < 1.29 is 60.8 Å². The Morgan fingerprint density at radius 3 is 1.55 bits per heavy atom. The van der Waals surface area contributed by atoms with Gasteiger partial charge in [0.1, 0.15) is 0 Å². The summed E-state index contributed by atoms with van der Waals surface area (Å²) in [6, 6.07) is 0. The molecule has 0 heterocycles. The fourth-order valence-corrected chi connectivity index (χ4v) is 1.01. The van der Waals surface area contributed by atoms with Gasteiger partial charge in [-0.3, -0.25) is 0 Å². The van der Waals surface area contributed by atoms with Crippen LogP contribution in [0.2, 0.25) is 0 Å². The first kappa shape index (κ1) is 18.9. The van der Waals surface area contributed by atoms with E-state index in [2.05, 4.69) is 3.97 Å². The second-order valence-electron chi connectivity index (χ2n) is 0.930. The molecule has 0 atom stereocenters. The van der Waals surface area contributed by atoms with E-state index in [1.807, 2.05) is 0 Å². The number of hydrogen-bond acceptors (Lipinski definition) is 7. The molecule has 11 heteroatoms. The molecule has 0 aromatic carbocycles. The molecule has 0 aliphatic carbocycles. The van der Waals surface area contributed by atoms with Gasteiger partial charge in [-0.15, -0.1) is 0 Å². The van der Waals surface area contributed by atoms with E-state index in [1.165, 1.54) is 0 Å². The third-order valence-electron chi connectivity index (χ3n) is 0.183. The second-order valence-corrected chi connectivity index (χ2v) is 3.24. The van der Waals surface area contributed by atoms with Gasteiger partial charge in [0, 0.05) is 0 Å². The third kappa shape index (κ3) is 18.9. The van der Waals surface area contributed by atoms with E-state index >= 15 is 0 Å². The minimum atomic E-state index is -5.69.